The van der Waals surface area contributed by atoms with Crippen molar-refractivity contribution in [2.75, 3.05) is 5.32 Å². The van der Waals surface area contributed by atoms with Crippen LogP contribution in [0.1, 0.15) is 64.4 Å². The number of benzene rings is 1. The molecule has 1 aromatic carbocycles. The topological polar surface area (TPSA) is 12.0 Å². The van der Waals surface area contributed by atoms with Gasteiger partial charge in [-0.2, -0.15) is 0 Å². The van der Waals surface area contributed by atoms with E-state index < -0.39 is 0 Å². The van der Waals surface area contributed by atoms with Gasteiger partial charge in [-0.1, -0.05) is 51.3 Å². The molecule has 0 saturated heterocycles. The van der Waals surface area contributed by atoms with Crippen molar-refractivity contribution in [2.45, 2.75) is 69.7 Å². The molecule has 3 rings (SSSR count). The molecule has 0 atom stereocenters. The number of para-hydroxylation sites is 1. The molecule has 1 fully saturated rings. The van der Waals surface area contributed by atoms with Crippen molar-refractivity contribution < 1.29 is 0 Å². The summed E-state index contributed by atoms with van der Waals surface area (Å²) in [6.07, 6.45) is 9.57. The highest BCUT2D eigenvalue weighted by Gasteiger charge is 2.38. The summed E-state index contributed by atoms with van der Waals surface area (Å²) in [6.45, 7) is 4.80. The Morgan fingerprint density at radius 1 is 0.889 bits per heavy atom. The highest BCUT2D eigenvalue weighted by Crippen LogP contribution is 2.45. The second-order valence-electron chi connectivity index (χ2n) is 6.90. The fourth-order valence-corrected chi connectivity index (χ4v) is 3.82. The molecule has 0 radical (unpaired) electrons. The summed E-state index contributed by atoms with van der Waals surface area (Å²) < 4.78 is 0. The molecule has 1 heteroatoms. The lowest BCUT2D eigenvalue weighted by Crippen LogP contribution is -2.39. The molecule has 1 saturated carbocycles. The Morgan fingerprint density at radius 2 is 1.61 bits per heavy atom. The van der Waals surface area contributed by atoms with Crippen LogP contribution in [0.5, 0.6) is 0 Å². The fourth-order valence-electron chi connectivity index (χ4n) is 3.82. The lowest BCUT2D eigenvalue weighted by molar-refractivity contribution is 0.284. The lowest BCUT2D eigenvalue weighted by Gasteiger charge is -2.38. The molecule has 1 aliphatic heterocycles. The van der Waals surface area contributed by atoms with E-state index in [9.17, 15) is 0 Å². The highest BCUT2D eigenvalue weighted by atomic mass is 15.0. The summed E-state index contributed by atoms with van der Waals surface area (Å²) in [5.74, 6) is 0. The second-order valence-corrected chi connectivity index (χ2v) is 6.90. The SMILES string of the molecule is CC1(C)CCC2(CCCCC2)Nc2ccccc21. The third-order valence-corrected chi connectivity index (χ3v) is 5.10. The maximum atomic E-state index is 3.93. The Balaban J connectivity index is 1.99. The van der Waals surface area contributed by atoms with Crippen molar-refractivity contribution in [3.8, 4) is 0 Å². The van der Waals surface area contributed by atoms with Crippen molar-refractivity contribution in [1.82, 2.24) is 0 Å². The first-order valence-corrected chi connectivity index (χ1v) is 7.49. The summed E-state index contributed by atoms with van der Waals surface area (Å²) in [5.41, 5.74) is 3.60. The molecule has 0 bridgehead atoms. The van der Waals surface area contributed by atoms with E-state index in [-0.39, 0.29) is 0 Å². The van der Waals surface area contributed by atoms with Crippen molar-refractivity contribution in [1.29, 1.82) is 0 Å². The third-order valence-electron chi connectivity index (χ3n) is 5.10. The van der Waals surface area contributed by atoms with Gasteiger partial charge in [0.05, 0.1) is 0 Å². The molecule has 0 aromatic heterocycles. The van der Waals surface area contributed by atoms with E-state index >= 15 is 0 Å². The number of anilines is 1. The standard InChI is InChI=1S/C17H25N/c1-16(2)12-13-17(10-6-3-7-11-17)18-15-9-5-4-8-14(15)16/h4-5,8-9,18H,3,6-7,10-13H2,1-2H3. The van der Waals surface area contributed by atoms with Crippen LogP contribution in [0.3, 0.4) is 0 Å². The molecule has 0 unspecified atom stereocenters. The Hall–Kier alpha value is -0.980. The van der Waals surface area contributed by atoms with Gasteiger partial charge in [-0.3, -0.25) is 0 Å². The predicted octanol–water partition coefficient (Wildman–Crippen LogP) is 4.87. The third kappa shape index (κ3) is 2.04. The van der Waals surface area contributed by atoms with E-state index in [1.807, 2.05) is 0 Å². The molecule has 1 aromatic rings. The minimum atomic E-state index is 0.310. The van der Waals surface area contributed by atoms with Crippen LogP contribution in [0.15, 0.2) is 24.3 Å². The Bertz CT molecular complexity index is 427. The van der Waals surface area contributed by atoms with Crippen LogP contribution in [0, 0.1) is 0 Å². The molecule has 2 aliphatic rings. The first kappa shape index (κ1) is 12.1. The Morgan fingerprint density at radius 3 is 2.39 bits per heavy atom. The van der Waals surface area contributed by atoms with Crippen molar-refractivity contribution in [2.24, 2.45) is 0 Å². The van der Waals surface area contributed by atoms with Gasteiger partial charge >= 0.3 is 0 Å². The van der Waals surface area contributed by atoms with Gasteiger partial charge < -0.3 is 5.32 Å². The summed E-state index contributed by atoms with van der Waals surface area (Å²) in [5, 5.41) is 3.93. The van der Waals surface area contributed by atoms with Crippen LogP contribution in [0.25, 0.3) is 0 Å². The van der Waals surface area contributed by atoms with Crippen LogP contribution in [-0.2, 0) is 5.41 Å². The van der Waals surface area contributed by atoms with Crippen LogP contribution in [0.4, 0.5) is 5.69 Å². The predicted molar refractivity (Wildman–Crippen MR) is 78.1 cm³/mol. The van der Waals surface area contributed by atoms with Gasteiger partial charge in [-0.15, -0.1) is 0 Å². The molecule has 1 heterocycles. The number of fused-ring (bicyclic) bond motifs is 1. The zero-order chi connectivity index (χ0) is 12.6. The average Bonchev–Trinajstić information content (AvgIpc) is 2.48. The van der Waals surface area contributed by atoms with E-state index in [4.69, 9.17) is 0 Å². The first-order valence-electron chi connectivity index (χ1n) is 7.49. The van der Waals surface area contributed by atoms with Gasteiger partial charge in [0.25, 0.3) is 0 Å². The minimum absolute atomic E-state index is 0.310. The van der Waals surface area contributed by atoms with Crippen molar-refractivity contribution in [3.63, 3.8) is 0 Å². The quantitative estimate of drug-likeness (QED) is 0.685. The molecule has 1 aliphatic carbocycles. The molecular formula is C17H25N. The number of hydrogen-bond acceptors (Lipinski definition) is 1. The molecule has 98 valence electrons. The highest BCUT2D eigenvalue weighted by molar-refractivity contribution is 5.57. The molecule has 0 amide bonds. The second kappa shape index (κ2) is 4.29. The maximum absolute atomic E-state index is 3.93. The first-order chi connectivity index (χ1) is 8.61. The van der Waals surface area contributed by atoms with Crippen LogP contribution in [-0.4, -0.2) is 5.54 Å². The van der Waals surface area contributed by atoms with Gasteiger partial charge in [0.2, 0.25) is 0 Å². The van der Waals surface area contributed by atoms with Crippen molar-refractivity contribution >= 4 is 5.69 Å². The normalized spacial score (nSPS) is 25.0. The average molecular weight is 243 g/mol. The summed E-state index contributed by atoms with van der Waals surface area (Å²) >= 11 is 0. The zero-order valence-corrected chi connectivity index (χ0v) is 11.8. The summed E-state index contributed by atoms with van der Waals surface area (Å²) in [7, 11) is 0. The molecular weight excluding hydrogens is 218 g/mol. The van der Waals surface area contributed by atoms with E-state index in [1.165, 1.54) is 56.2 Å². The fraction of sp³-hybridized carbons (Fsp3) is 0.647. The van der Waals surface area contributed by atoms with Crippen molar-refractivity contribution in [3.05, 3.63) is 29.8 Å². The smallest absolute Gasteiger partial charge is 0.0382 e. The van der Waals surface area contributed by atoms with E-state index in [2.05, 4.69) is 43.4 Å². The molecule has 18 heavy (non-hydrogen) atoms. The summed E-state index contributed by atoms with van der Waals surface area (Å²) in [4.78, 5) is 0. The number of rotatable bonds is 0. The molecule has 1 N–H and O–H groups in total. The van der Waals surface area contributed by atoms with E-state index in [0.29, 0.717) is 11.0 Å². The molecule has 1 spiro atoms. The maximum Gasteiger partial charge on any atom is 0.0382 e. The Labute approximate surface area is 111 Å². The number of nitrogens with one attached hydrogen (secondary N) is 1. The largest absolute Gasteiger partial charge is 0.379 e. The molecule has 1 nitrogen and oxygen atoms in total. The van der Waals surface area contributed by atoms with Gasteiger partial charge in [0.1, 0.15) is 0 Å². The summed E-state index contributed by atoms with van der Waals surface area (Å²) in [6, 6.07) is 8.94. The number of hydrogen-bond donors (Lipinski definition) is 1. The van der Waals surface area contributed by atoms with E-state index in [0.717, 1.165) is 0 Å². The van der Waals surface area contributed by atoms with Crippen LogP contribution < -0.4 is 5.32 Å². The monoisotopic (exact) mass is 243 g/mol. The van der Waals surface area contributed by atoms with E-state index in [1.54, 1.807) is 0 Å². The van der Waals surface area contributed by atoms with Crippen LogP contribution in [0.2, 0.25) is 0 Å². The van der Waals surface area contributed by atoms with Gasteiger partial charge in [-0.05, 0) is 42.7 Å². The minimum Gasteiger partial charge on any atom is -0.379 e. The Kier molecular flexibility index (Phi) is 2.88. The zero-order valence-electron chi connectivity index (χ0n) is 11.8. The van der Waals surface area contributed by atoms with Crippen LogP contribution >= 0.6 is 0 Å². The lowest BCUT2D eigenvalue weighted by atomic mass is 9.74. The van der Waals surface area contributed by atoms with Gasteiger partial charge in [0, 0.05) is 11.2 Å². The van der Waals surface area contributed by atoms with Gasteiger partial charge in [0.15, 0.2) is 0 Å². The van der Waals surface area contributed by atoms with Gasteiger partial charge in [-0.25, -0.2) is 0 Å².